The molecular formula is C14H25F3N6O6S. The van der Waals surface area contributed by atoms with Gasteiger partial charge in [-0.1, -0.05) is 19.1 Å². The molecule has 174 valence electrons. The number of para-hydroxylation sites is 2. The molecule has 30 heavy (non-hydrogen) atoms. The standard InChI is InChI=1S/C8H6N2.C3H9NO2.C2H7N3.CHF3.H2O4S/c1-2-4-8-7(3-1)9-5-6-10-8;1-2-3(4,5)6;1-2-4-5-3-1;2-1(3)4;1-5(2,3)4/h1-6H;5-6H,2,4H2,1H3;3-5H,1-2H2;1H;(H2,1,2,3,4). The largest absolute Gasteiger partial charge is 0.394 e. The lowest BCUT2D eigenvalue weighted by atomic mass is 10.3. The third-order valence-electron chi connectivity index (χ3n) is 2.45. The van der Waals surface area contributed by atoms with Crippen LogP contribution >= 0.6 is 0 Å². The van der Waals surface area contributed by atoms with Crippen molar-refractivity contribution in [2.75, 3.05) is 13.1 Å². The summed E-state index contributed by atoms with van der Waals surface area (Å²) in [6, 6.07) is 7.80. The highest BCUT2D eigenvalue weighted by atomic mass is 32.3. The van der Waals surface area contributed by atoms with Gasteiger partial charge < -0.3 is 10.2 Å². The Bertz CT molecular complexity index is 694. The summed E-state index contributed by atoms with van der Waals surface area (Å²) >= 11 is 0. The molecule has 0 radical (unpaired) electrons. The SMILES string of the molecule is C1CNNN1.CCC(N)(O)O.FC(F)F.O=S(=O)(O)O.c1ccc2nccnc2c1. The number of nitrogens with one attached hydrogen (secondary N) is 3. The van der Waals surface area contributed by atoms with Gasteiger partial charge >= 0.3 is 17.1 Å². The smallest absolute Gasteiger partial charge is 0.354 e. The molecule has 0 aliphatic carbocycles. The van der Waals surface area contributed by atoms with Crippen molar-refractivity contribution < 1.29 is 40.9 Å². The van der Waals surface area contributed by atoms with Gasteiger partial charge in [0.1, 0.15) is 0 Å². The van der Waals surface area contributed by atoms with Gasteiger partial charge in [-0.3, -0.25) is 24.8 Å². The predicted molar refractivity (Wildman–Crippen MR) is 102 cm³/mol. The van der Waals surface area contributed by atoms with E-state index in [9.17, 15) is 13.2 Å². The number of benzene rings is 1. The Labute approximate surface area is 170 Å². The first-order chi connectivity index (χ1) is 13.8. The van der Waals surface area contributed by atoms with Crippen molar-refractivity contribution in [1.29, 1.82) is 0 Å². The fraction of sp³-hybridized carbons (Fsp3) is 0.429. The molecule has 1 saturated heterocycles. The minimum atomic E-state index is -4.67. The molecule has 16 heteroatoms. The summed E-state index contributed by atoms with van der Waals surface area (Å²) in [4.78, 5) is 8.24. The van der Waals surface area contributed by atoms with E-state index in [0.717, 1.165) is 24.1 Å². The number of nitrogens with zero attached hydrogens (tertiary/aromatic N) is 2. The zero-order valence-corrected chi connectivity index (χ0v) is 16.6. The van der Waals surface area contributed by atoms with Crippen molar-refractivity contribution in [2.24, 2.45) is 5.73 Å². The van der Waals surface area contributed by atoms with E-state index in [1.54, 1.807) is 19.3 Å². The maximum atomic E-state index is 9.67. The summed E-state index contributed by atoms with van der Waals surface area (Å²) in [5.41, 5.74) is 15.0. The van der Waals surface area contributed by atoms with E-state index in [-0.39, 0.29) is 6.42 Å². The molecule has 12 nitrogen and oxygen atoms in total. The second kappa shape index (κ2) is 16.7. The van der Waals surface area contributed by atoms with Gasteiger partial charge in [0.25, 0.3) is 0 Å². The van der Waals surface area contributed by atoms with Crippen LogP contribution in [0.15, 0.2) is 36.7 Å². The third-order valence-corrected chi connectivity index (χ3v) is 2.45. The summed E-state index contributed by atoms with van der Waals surface area (Å²) in [7, 11) is -4.67. The van der Waals surface area contributed by atoms with Gasteiger partial charge in [0.05, 0.1) is 11.0 Å². The molecule has 2 aromatic rings. The molecule has 1 fully saturated rings. The minimum Gasteiger partial charge on any atom is -0.354 e. The number of alkyl halides is 3. The zero-order chi connectivity index (χ0) is 23.6. The van der Waals surface area contributed by atoms with Crippen LogP contribution in [0.3, 0.4) is 0 Å². The summed E-state index contributed by atoms with van der Waals surface area (Å²) in [5.74, 6) is -1.96. The second-order valence-electron chi connectivity index (χ2n) is 4.95. The number of fused-ring (bicyclic) bond motifs is 1. The van der Waals surface area contributed by atoms with Crippen molar-refractivity contribution in [3.8, 4) is 0 Å². The van der Waals surface area contributed by atoms with E-state index >= 15 is 0 Å². The molecule has 0 spiro atoms. The number of halogens is 3. The van der Waals surface area contributed by atoms with Crippen LogP contribution in [0.25, 0.3) is 11.0 Å². The number of nitrogens with two attached hydrogens (primary N) is 1. The van der Waals surface area contributed by atoms with Crippen molar-refractivity contribution in [1.82, 2.24) is 26.4 Å². The maximum Gasteiger partial charge on any atom is 0.394 e. The van der Waals surface area contributed by atoms with E-state index in [1.165, 1.54) is 0 Å². The van der Waals surface area contributed by atoms with Gasteiger partial charge in [0, 0.05) is 31.9 Å². The Hall–Kier alpha value is -2.02. The van der Waals surface area contributed by atoms with E-state index < -0.39 is 23.0 Å². The van der Waals surface area contributed by atoms with E-state index in [4.69, 9.17) is 27.7 Å². The van der Waals surface area contributed by atoms with Crippen LogP contribution in [0, 0.1) is 0 Å². The molecule has 0 bridgehead atoms. The molecular weight excluding hydrogens is 437 g/mol. The number of rotatable bonds is 1. The van der Waals surface area contributed by atoms with Gasteiger partial charge in [0.15, 0.2) is 0 Å². The number of aliphatic hydroxyl groups is 2. The highest BCUT2D eigenvalue weighted by molar-refractivity contribution is 7.79. The normalized spacial score (nSPS) is 12.9. The predicted octanol–water partition coefficient (Wildman–Crippen LogP) is -0.252. The summed E-state index contributed by atoms with van der Waals surface area (Å²) < 4.78 is 60.6. The van der Waals surface area contributed by atoms with Crippen LogP contribution in [-0.4, -0.2) is 63.4 Å². The Morgan fingerprint density at radius 2 is 1.37 bits per heavy atom. The lowest BCUT2D eigenvalue weighted by Crippen LogP contribution is -2.37. The molecule has 3 rings (SSSR count). The zero-order valence-electron chi connectivity index (χ0n) is 15.8. The topological polar surface area (TPSA) is 203 Å². The Kier molecular flexibility index (Phi) is 16.8. The molecule has 0 amide bonds. The van der Waals surface area contributed by atoms with Gasteiger partial charge in [-0.25, -0.2) is 10.9 Å². The quantitative estimate of drug-likeness (QED) is 0.204. The summed E-state index contributed by atoms with van der Waals surface area (Å²) in [6.45, 7) is -0.0278. The Balaban J connectivity index is 0. The highest BCUT2D eigenvalue weighted by Gasteiger charge is 2.09. The van der Waals surface area contributed by atoms with Crippen LogP contribution in [0.5, 0.6) is 0 Å². The van der Waals surface area contributed by atoms with Gasteiger partial charge in [-0.15, -0.1) is 0 Å². The summed E-state index contributed by atoms with van der Waals surface area (Å²) in [5, 5.41) is 16.3. The molecule has 2 heterocycles. The maximum absolute atomic E-state index is 9.67. The van der Waals surface area contributed by atoms with Crippen LogP contribution in [-0.2, 0) is 10.4 Å². The molecule has 0 atom stereocenters. The Morgan fingerprint density at radius 3 is 1.57 bits per heavy atom. The number of hydrogen-bond donors (Lipinski definition) is 8. The average molecular weight is 462 g/mol. The molecule has 0 unspecified atom stereocenters. The van der Waals surface area contributed by atoms with Crippen molar-refractivity contribution >= 4 is 21.4 Å². The lowest BCUT2D eigenvalue weighted by Gasteiger charge is -2.10. The number of hydrogen-bond acceptors (Lipinski definition) is 10. The van der Waals surface area contributed by atoms with Crippen molar-refractivity contribution in [3.05, 3.63) is 36.7 Å². The molecule has 1 aromatic heterocycles. The van der Waals surface area contributed by atoms with Gasteiger partial charge in [0.2, 0.25) is 5.91 Å². The first-order valence-corrected chi connectivity index (χ1v) is 9.38. The van der Waals surface area contributed by atoms with Crippen molar-refractivity contribution in [2.45, 2.75) is 25.9 Å². The summed E-state index contributed by atoms with van der Waals surface area (Å²) in [6.07, 6.45) is 3.55. The second-order valence-corrected chi connectivity index (χ2v) is 5.85. The van der Waals surface area contributed by atoms with Crippen LogP contribution < -0.4 is 22.1 Å². The van der Waals surface area contributed by atoms with Crippen LogP contribution in [0.1, 0.15) is 13.3 Å². The van der Waals surface area contributed by atoms with Crippen molar-refractivity contribution in [3.63, 3.8) is 0 Å². The average Bonchev–Trinajstić information content (AvgIpc) is 3.20. The van der Waals surface area contributed by atoms with E-state index in [1.807, 2.05) is 24.3 Å². The first-order valence-electron chi connectivity index (χ1n) is 7.98. The monoisotopic (exact) mass is 462 g/mol. The first kappa shape index (κ1) is 30.2. The van der Waals surface area contributed by atoms with Crippen LogP contribution in [0.4, 0.5) is 13.2 Å². The molecule has 0 saturated carbocycles. The van der Waals surface area contributed by atoms with E-state index in [0.29, 0.717) is 0 Å². The lowest BCUT2D eigenvalue weighted by molar-refractivity contribution is -0.156. The third kappa shape index (κ3) is 28.2. The van der Waals surface area contributed by atoms with Gasteiger partial charge in [-0.05, 0) is 12.1 Å². The molecule has 1 aliphatic heterocycles. The molecule has 1 aromatic carbocycles. The van der Waals surface area contributed by atoms with E-state index in [2.05, 4.69) is 32.1 Å². The number of hydrazine groups is 2. The van der Waals surface area contributed by atoms with Crippen LogP contribution in [0.2, 0.25) is 0 Å². The molecule has 1 aliphatic rings. The molecule has 9 N–H and O–H groups in total. The van der Waals surface area contributed by atoms with Gasteiger partial charge in [-0.2, -0.15) is 27.1 Å². The fourth-order valence-electron chi connectivity index (χ4n) is 1.22. The fourth-order valence-corrected chi connectivity index (χ4v) is 1.22. The minimum absolute atomic E-state index is 0.160. The highest BCUT2D eigenvalue weighted by Crippen LogP contribution is 2.04. The number of aromatic nitrogens is 2. The Morgan fingerprint density at radius 1 is 1.07 bits per heavy atom.